The van der Waals surface area contributed by atoms with Crippen molar-refractivity contribution >= 4 is 21.6 Å². The van der Waals surface area contributed by atoms with Gasteiger partial charge in [-0.05, 0) is 15.9 Å². The Hall–Kier alpha value is -0.960. The molecule has 0 radical (unpaired) electrons. The van der Waals surface area contributed by atoms with E-state index in [-0.39, 0.29) is 36.3 Å². The predicted molar refractivity (Wildman–Crippen MR) is 64.9 cm³/mol. The van der Waals surface area contributed by atoms with Gasteiger partial charge in [-0.2, -0.15) is 5.10 Å². The Morgan fingerprint density at radius 3 is 2.82 bits per heavy atom. The molecule has 1 heterocycles. The van der Waals surface area contributed by atoms with Crippen molar-refractivity contribution in [3.63, 3.8) is 0 Å². The van der Waals surface area contributed by atoms with E-state index in [1.54, 1.807) is 0 Å². The van der Waals surface area contributed by atoms with E-state index in [1.807, 2.05) is 0 Å². The molecule has 1 unspecified atom stereocenters. The van der Waals surface area contributed by atoms with Gasteiger partial charge in [0, 0.05) is 6.54 Å². The molecule has 0 amide bonds. The number of aliphatic hydroxyl groups is 3. The zero-order valence-corrected chi connectivity index (χ0v) is 10.6. The van der Waals surface area contributed by atoms with Crippen molar-refractivity contribution in [2.24, 2.45) is 0 Å². The molecule has 0 bridgehead atoms. The standard InChI is InChI=1S/C9H14BrN3O4/c10-8-7(11-3-6(16)5-15)4-12-13(1-2-14)9(8)17/h4,6,11,14-16H,1-3,5H2. The molecule has 0 aliphatic heterocycles. The fourth-order valence-corrected chi connectivity index (χ4v) is 1.58. The molecule has 0 saturated carbocycles. The Labute approximate surface area is 106 Å². The second kappa shape index (κ2) is 6.70. The van der Waals surface area contributed by atoms with E-state index in [2.05, 4.69) is 26.3 Å². The van der Waals surface area contributed by atoms with Crippen LogP contribution in [0.2, 0.25) is 0 Å². The van der Waals surface area contributed by atoms with Crippen molar-refractivity contribution < 1.29 is 15.3 Å². The molecule has 0 aliphatic carbocycles. The molecule has 17 heavy (non-hydrogen) atoms. The number of anilines is 1. The third-order valence-corrected chi connectivity index (χ3v) is 2.80. The summed E-state index contributed by atoms with van der Waals surface area (Å²) >= 11 is 3.11. The van der Waals surface area contributed by atoms with Crippen molar-refractivity contribution in [2.45, 2.75) is 12.6 Å². The molecular formula is C9H14BrN3O4. The van der Waals surface area contributed by atoms with Crippen LogP contribution in [0.4, 0.5) is 5.69 Å². The quantitative estimate of drug-likeness (QED) is 0.524. The minimum atomic E-state index is -0.901. The van der Waals surface area contributed by atoms with Crippen LogP contribution in [0, 0.1) is 0 Å². The summed E-state index contributed by atoms with van der Waals surface area (Å²) in [5, 5.41) is 33.1. The van der Waals surface area contributed by atoms with E-state index in [0.717, 1.165) is 4.68 Å². The van der Waals surface area contributed by atoms with Gasteiger partial charge < -0.3 is 20.6 Å². The highest BCUT2D eigenvalue weighted by molar-refractivity contribution is 9.10. The number of hydrogen-bond acceptors (Lipinski definition) is 6. The van der Waals surface area contributed by atoms with Crippen LogP contribution < -0.4 is 10.9 Å². The first kappa shape index (κ1) is 14.1. The highest BCUT2D eigenvalue weighted by atomic mass is 79.9. The van der Waals surface area contributed by atoms with Crippen LogP contribution >= 0.6 is 15.9 Å². The van der Waals surface area contributed by atoms with Crippen LogP contribution in [0.1, 0.15) is 0 Å². The van der Waals surface area contributed by atoms with Crippen LogP contribution in [0.25, 0.3) is 0 Å². The molecule has 0 aliphatic rings. The van der Waals surface area contributed by atoms with Crippen LogP contribution in [0.5, 0.6) is 0 Å². The third kappa shape index (κ3) is 3.77. The Kier molecular flexibility index (Phi) is 5.56. The Bertz CT molecular complexity index is 423. The maximum absolute atomic E-state index is 11.7. The van der Waals surface area contributed by atoms with E-state index in [4.69, 9.17) is 15.3 Å². The number of halogens is 1. The van der Waals surface area contributed by atoms with E-state index in [1.165, 1.54) is 6.20 Å². The van der Waals surface area contributed by atoms with Gasteiger partial charge >= 0.3 is 0 Å². The van der Waals surface area contributed by atoms with E-state index in [9.17, 15) is 4.79 Å². The van der Waals surface area contributed by atoms with E-state index in [0.29, 0.717) is 5.69 Å². The Balaban J connectivity index is 2.82. The third-order valence-electron chi connectivity index (χ3n) is 2.04. The summed E-state index contributed by atoms with van der Waals surface area (Å²) < 4.78 is 1.39. The molecule has 1 rings (SSSR count). The summed E-state index contributed by atoms with van der Waals surface area (Å²) in [5.41, 5.74) is 0.0548. The average Bonchev–Trinajstić information content (AvgIpc) is 2.34. The summed E-state index contributed by atoms with van der Waals surface area (Å²) in [6.07, 6.45) is 0.507. The van der Waals surface area contributed by atoms with Gasteiger partial charge in [-0.15, -0.1) is 0 Å². The van der Waals surface area contributed by atoms with Crippen LogP contribution in [0.15, 0.2) is 15.5 Å². The monoisotopic (exact) mass is 307 g/mol. The Morgan fingerprint density at radius 2 is 2.24 bits per heavy atom. The van der Waals surface area contributed by atoms with Crippen molar-refractivity contribution in [1.29, 1.82) is 0 Å². The lowest BCUT2D eigenvalue weighted by molar-refractivity contribution is 0.105. The SMILES string of the molecule is O=c1c(Br)c(NCC(O)CO)cnn1CCO. The molecule has 4 N–H and O–H groups in total. The lowest BCUT2D eigenvalue weighted by Crippen LogP contribution is -2.28. The maximum Gasteiger partial charge on any atom is 0.283 e. The largest absolute Gasteiger partial charge is 0.394 e. The van der Waals surface area contributed by atoms with Crippen LogP contribution in [-0.4, -0.2) is 51.0 Å². The smallest absolute Gasteiger partial charge is 0.283 e. The summed E-state index contributed by atoms with van der Waals surface area (Å²) in [6.45, 7) is -0.299. The number of aromatic nitrogens is 2. The van der Waals surface area contributed by atoms with Crippen LogP contribution in [0.3, 0.4) is 0 Å². The molecule has 8 heteroatoms. The number of hydrogen-bond donors (Lipinski definition) is 4. The molecular weight excluding hydrogens is 294 g/mol. The van der Waals surface area contributed by atoms with Gasteiger partial charge in [0.15, 0.2) is 0 Å². The highest BCUT2D eigenvalue weighted by Crippen LogP contribution is 2.15. The average molecular weight is 308 g/mol. The van der Waals surface area contributed by atoms with Crippen molar-refractivity contribution in [3.8, 4) is 0 Å². The lowest BCUT2D eigenvalue weighted by atomic mass is 10.3. The first-order chi connectivity index (χ1) is 8.10. The summed E-state index contributed by atoms with van der Waals surface area (Å²) in [7, 11) is 0. The van der Waals surface area contributed by atoms with E-state index >= 15 is 0 Å². The molecule has 0 spiro atoms. The topological polar surface area (TPSA) is 108 Å². The van der Waals surface area contributed by atoms with Gasteiger partial charge in [0.2, 0.25) is 0 Å². The van der Waals surface area contributed by atoms with Gasteiger partial charge in [0.25, 0.3) is 5.56 Å². The van der Waals surface area contributed by atoms with Crippen molar-refractivity contribution in [3.05, 3.63) is 21.0 Å². The molecule has 1 aromatic heterocycles. The van der Waals surface area contributed by atoms with Crippen LogP contribution in [-0.2, 0) is 6.54 Å². The fourth-order valence-electron chi connectivity index (χ4n) is 1.13. The summed E-state index contributed by atoms with van der Waals surface area (Å²) in [6, 6.07) is 0. The van der Waals surface area contributed by atoms with E-state index < -0.39 is 6.10 Å². The van der Waals surface area contributed by atoms with Gasteiger partial charge in [-0.1, -0.05) is 0 Å². The molecule has 7 nitrogen and oxygen atoms in total. The predicted octanol–water partition coefficient (Wildman–Crippen LogP) is -1.24. The highest BCUT2D eigenvalue weighted by Gasteiger charge is 2.09. The normalized spacial score (nSPS) is 12.5. The summed E-state index contributed by atoms with van der Waals surface area (Å²) in [5.74, 6) is 0. The number of nitrogens with zero attached hydrogens (tertiary/aromatic N) is 2. The lowest BCUT2D eigenvalue weighted by Gasteiger charge is -2.12. The first-order valence-electron chi connectivity index (χ1n) is 4.99. The maximum atomic E-state index is 11.7. The van der Waals surface area contributed by atoms with Crippen molar-refractivity contribution in [2.75, 3.05) is 25.1 Å². The van der Waals surface area contributed by atoms with Crippen molar-refractivity contribution in [1.82, 2.24) is 9.78 Å². The summed E-state index contributed by atoms with van der Waals surface area (Å²) in [4.78, 5) is 11.7. The number of rotatable bonds is 6. The van der Waals surface area contributed by atoms with Gasteiger partial charge in [-0.3, -0.25) is 4.79 Å². The molecule has 0 fully saturated rings. The molecule has 96 valence electrons. The first-order valence-corrected chi connectivity index (χ1v) is 5.78. The minimum Gasteiger partial charge on any atom is -0.394 e. The fraction of sp³-hybridized carbons (Fsp3) is 0.556. The minimum absolute atomic E-state index is 0.111. The zero-order chi connectivity index (χ0) is 12.8. The number of aliphatic hydroxyl groups excluding tert-OH is 3. The number of nitrogens with one attached hydrogen (secondary N) is 1. The zero-order valence-electron chi connectivity index (χ0n) is 9.01. The van der Waals surface area contributed by atoms with Gasteiger partial charge in [0.05, 0.1) is 37.7 Å². The second-order valence-electron chi connectivity index (χ2n) is 3.34. The molecule has 0 aromatic carbocycles. The Morgan fingerprint density at radius 1 is 1.53 bits per heavy atom. The van der Waals surface area contributed by atoms with Gasteiger partial charge in [0.1, 0.15) is 4.47 Å². The molecule has 1 atom stereocenters. The second-order valence-corrected chi connectivity index (χ2v) is 4.13. The van der Waals surface area contributed by atoms with Gasteiger partial charge in [-0.25, -0.2) is 4.68 Å². The molecule has 1 aromatic rings. The molecule has 0 saturated heterocycles.